The average Bonchev–Trinajstić information content (AvgIpc) is 2.14. The van der Waals surface area contributed by atoms with Gasteiger partial charge >= 0.3 is 0 Å². The van der Waals surface area contributed by atoms with Crippen molar-refractivity contribution in [2.24, 2.45) is 5.73 Å². The van der Waals surface area contributed by atoms with E-state index in [0.29, 0.717) is 6.61 Å². The van der Waals surface area contributed by atoms with E-state index in [0.717, 1.165) is 23.6 Å². The summed E-state index contributed by atoms with van der Waals surface area (Å²) in [5, 5.41) is 0.725. The van der Waals surface area contributed by atoms with E-state index in [2.05, 4.69) is 0 Å². The molecule has 1 aliphatic rings. The number of hydrogen-bond acceptors (Lipinski definition) is 2. The van der Waals surface area contributed by atoms with Crippen molar-refractivity contribution in [3.05, 3.63) is 29.3 Å². The van der Waals surface area contributed by atoms with Gasteiger partial charge in [0.25, 0.3) is 0 Å². The van der Waals surface area contributed by atoms with Crippen LogP contribution in [-0.4, -0.2) is 12.1 Å². The van der Waals surface area contributed by atoms with E-state index >= 15 is 0 Å². The van der Waals surface area contributed by atoms with Crippen LogP contribution in [0.15, 0.2) is 24.3 Å². The molecule has 0 bridgehead atoms. The van der Waals surface area contributed by atoms with Gasteiger partial charge in [0, 0.05) is 5.02 Å². The first-order valence-corrected chi connectivity index (χ1v) is 5.23. The number of halogens is 1. The van der Waals surface area contributed by atoms with Crippen LogP contribution < -0.4 is 10.5 Å². The fourth-order valence-corrected chi connectivity index (χ4v) is 1.66. The monoisotopic (exact) mass is 211 g/mol. The number of benzene rings is 1. The van der Waals surface area contributed by atoms with Gasteiger partial charge in [0.05, 0.1) is 5.54 Å². The zero-order valence-electron chi connectivity index (χ0n) is 8.00. The van der Waals surface area contributed by atoms with Gasteiger partial charge in [0.15, 0.2) is 0 Å². The van der Waals surface area contributed by atoms with E-state index in [1.54, 1.807) is 0 Å². The lowest BCUT2D eigenvalue weighted by Gasteiger charge is -2.37. The lowest BCUT2D eigenvalue weighted by atomic mass is 9.78. The molecule has 0 unspecified atom stereocenters. The van der Waals surface area contributed by atoms with Crippen LogP contribution in [0.25, 0.3) is 0 Å². The van der Waals surface area contributed by atoms with Crippen molar-refractivity contribution in [3.63, 3.8) is 0 Å². The number of rotatable bonds is 3. The summed E-state index contributed by atoms with van der Waals surface area (Å²) in [4.78, 5) is 0. The van der Waals surface area contributed by atoms with Crippen LogP contribution in [0.2, 0.25) is 5.02 Å². The number of nitrogens with two attached hydrogens (primary N) is 1. The van der Waals surface area contributed by atoms with Crippen LogP contribution in [0.4, 0.5) is 0 Å². The Morgan fingerprint density at radius 3 is 2.43 bits per heavy atom. The molecule has 1 aromatic carbocycles. The highest BCUT2D eigenvalue weighted by atomic mass is 35.5. The molecule has 1 aliphatic carbocycles. The molecule has 0 atom stereocenters. The van der Waals surface area contributed by atoms with Crippen LogP contribution in [0.5, 0.6) is 5.75 Å². The summed E-state index contributed by atoms with van der Waals surface area (Å²) in [5.41, 5.74) is 5.95. The van der Waals surface area contributed by atoms with Crippen LogP contribution in [0.1, 0.15) is 19.3 Å². The Bertz CT molecular complexity index is 306. The maximum Gasteiger partial charge on any atom is 0.119 e. The first-order valence-electron chi connectivity index (χ1n) is 4.85. The van der Waals surface area contributed by atoms with Crippen LogP contribution in [0, 0.1) is 0 Å². The second-order valence-corrected chi connectivity index (χ2v) is 4.39. The van der Waals surface area contributed by atoms with Gasteiger partial charge in [-0.05, 0) is 43.5 Å². The first kappa shape index (κ1) is 9.81. The minimum Gasteiger partial charge on any atom is -0.492 e. The quantitative estimate of drug-likeness (QED) is 0.834. The predicted octanol–water partition coefficient (Wildman–Crippen LogP) is 2.60. The Morgan fingerprint density at radius 2 is 1.93 bits per heavy atom. The summed E-state index contributed by atoms with van der Waals surface area (Å²) in [6, 6.07) is 7.37. The fourth-order valence-electron chi connectivity index (χ4n) is 1.53. The van der Waals surface area contributed by atoms with Crippen molar-refractivity contribution in [1.82, 2.24) is 0 Å². The first-order chi connectivity index (χ1) is 6.68. The topological polar surface area (TPSA) is 35.2 Å². The summed E-state index contributed by atoms with van der Waals surface area (Å²) >= 11 is 5.76. The normalized spacial score (nSPS) is 18.7. The molecular formula is C11H14ClNO. The predicted molar refractivity (Wildman–Crippen MR) is 57.7 cm³/mol. The molecule has 0 heterocycles. The highest BCUT2D eigenvalue weighted by Gasteiger charge is 2.33. The third-order valence-corrected chi connectivity index (χ3v) is 2.94. The lowest BCUT2D eigenvalue weighted by Crippen LogP contribution is -2.51. The molecule has 2 N–H and O–H groups in total. The molecule has 76 valence electrons. The van der Waals surface area contributed by atoms with Crippen molar-refractivity contribution in [2.75, 3.05) is 6.61 Å². The molecule has 0 aliphatic heterocycles. The molecule has 14 heavy (non-hydrogen) atoms. The molecule has 3 heteroatoms. The highest BCUT2D eigenvalue weighted by Crippen LogP contribution is 2.29. The molecule has 1 fully saturated rings. The zero-order valence-corrected chi connectivity index (χ0v) is 8.76. The van der Waals surface area contributed by atoms with E-state index in [1.165, 1.54) is 6.42 Å². The molecule has 0 radical (unpaired) electrons. The van der Waals surface area contributed by atoms with E-state index in [1.807, 2.05) is 24.3 Å². The average molecular weight is 212 g/mol. The molecular weight excluding hydrogens is 198 g/mol. The van der Waals surface area contributed by atoms with E-state index in [-0.39, 0.29) is 5.54 Å². The van der Waals surface area contributed by atoms with Crippen molar-refractivity contribution < 1.29 is 4.74 Å². The third-order valence-electron chi connectivity index (χ3n) is 2.69. The molecule has 2 nitrogen and oxygen atoms in total. The molecule has 1 aromatic rings. The van der Waals surface area contributed by atoms with Gasteiger partial charge in [-0.15, -0.1) is 0 Å². The molecule has 0 aromatic heterocycles. The lowest BCUT2D eigenvalue weighted by molar-refractivity contribution is 0.142. The van der Waals surface area contributed by atoms with Gasteiger partial charge in [-0.1, -0.05) is 11.6 Å². The van der Waals surface area contributed by atoms with Crippen molar-refractivity contribution in [2.45, 2.75) is 24.8 Å². The molecule has 2 rings (SSSR count). The Kier molecular flexibility index (Phi) is 2.66. The van der Waals surface area contributed by atoms with Crippen LogP contribution in [-0.2, 0) is 0 Å². The number of hydrogen-bond donors (Lipinski definition) is 1. The van der Waals surface area contributed by atoms with Gasteiger partial charge in [0.2, 0.25) is 0 Å². The van der Waals surface area contributed by atoms with E-state index in [4.69, 9.17) is 22.1 Å². The summed E-state index contributed by atoms with van der Waals surface area (Å²) in [6.07, 6.45) is 3.36. The molecule has 1 saturated carbocycles. The van der Waals surface area contributed by atoms with E-state index < -0.39 is 0 Å². The van der Waals surface area contributed by atoms with Gasteiger partial charge in [0.1, 0.15) is 12.4 Å². The smallest absolute Gasteiger partial charge is 0.119 e. The Balaban J connectivity index is 1.88. The minimum atomic E-state index is -0.0837. The van der Waals surface area contributed by atoms with Crippen molar-refractivity contribution in [1.29, 1.82) is 0 Å². The van der Waals surface area contributed by atoms with Crippen molar-refractivity contribution in [3.8, 4) is 5.75 Å². The fraction of sp³-hybridized carbons (Fsp3) is 0.455. The summed E-state index contributed by atoms with van der Waals surface area (Å²) in [6.45, 7) is 0.606. The van der Waals surface area contributed by atoms with Crippen LogP contribution in [0.3, 0.4) is 0 Å². The van der Waals surface area contributed by atoms with E-state index in [9.17, 15) is 0 Å². The van der Waals surface area contributed by atoms with Crippen molar-refractivity contribution >= 4 is 11.6 Å². The zero-order chi connectivity index (χ0) is 10.0. The van der Waals surface area contributed by atoms with Gasteiger partial charge in [-0.3, -0.25) is 0 Å². The number of ether oxygens (including phenoxy) is 1. The second kappa shape index (κ2) is 3.79. The molecule has 0 spiro atoms. The van der Waals surface area contributed by atoms with Crippen LogP contribution >= 0.6 is 11.6 Å². The third kappa shape index (κ3) is 2.20. The Labute approximate surface area is 89.0 Å². The minimum absolute atomic E-state index is 0.0837. The summed E-state index contributed by atoms with van der Waals surface area (Å²) in [5.74, 6) is 0.839. The largest absolute Gasteiger partial charge is 0.492 e. The maximum absolute atomic E-state index is 6.03. The van der Waals surface area contributed by atoms with Gasteiger partial charge < -0.3 is 10.5 Å². The highest BCUT2D eigenvalue weighted by molar-refractivity contribution is 6.30. The summed E-state index contributed by atoms with van der Waals surface area (Å²) in [7, 11) is 0. The molecule has 0 saturated heterocycles. The maximum atomic E-state index is 6.03. The SMILES string of the molecule is NC1(COc2ccc(Cl)cc2)CCC1. The summed E-state index contributed by atoms with van der Waals surface area (Å²) < 4.78 is 5.58. The standard InChI is InChI=1S/C11H14ClNO/c12-9-2-4-10(5-3-9)14-8-11(13)6-1-7-11/h2-5H,1,6-8,13H2. The Morgan fingerprint density at radius 1 is 1.29 bits per heavy atom. The second-order valence-electron chi connectivity index (χ2n) is 3.96. The van der Waals surface area contributed by atoms with Gasteiger partial charge in [-0.25, -0.2) is 0 Å². The molecule has 0 amide bonds. The van der Waals surface area contributed by atoms with Gasteiger partial charge in [-0.2, -0.15) is 0 Å². The Hall–Kier alpha value is -0.730.